The van der Waals surface area contributed by atoms with Gasteiger partial charge >= 0.3 is 0 Å². The molecule has 0 spiro atoms. The van der Waals surface area contributed by atoms with E-state index in [4.69, 9.17) is 9.47 Å². The topological polar surface area (TPSA) is 18.5 Å². The highest BCUT2D eigenvalue weighted by Gasteiger charge is 2.15. The van der Waals surface area contributed by atoms with Crippen molar-refractivity contribution in [3.8, 4) is 11.5 Å². The van der Waals surface area contributed by atoms with Crippen LogP contribution in [0.15, 0.2) is 42.5 Å². The van der Waals surface area contributed by atoms with Crippen LogP contribution in [0.1, 0.15) is 28.4 Å². The molecule has 106 valence electrons. The monoisotopic (exact) mass is 334 g/mol. The quantitative estimate of drug-likeness (QED) is 0.725. The Bertz CT molecular complexity index is 564. The Morgan fingerprint density at radius 1 is 1.10 bits per heavy atom. The van der Waals surface area contributed by atoms with Crippen LogP contribution in [0, 0.1) is 6.92 Å². The van der Waals surface area contributed by atoms with Crippen LogP contribution < -0.4 is 9.47 Å². The van der Waals surface area contributed by atoms with E-state index < -0.39 is 0 Å². The summed E-state index contributed by atoms with van der Waals surface area (Å²) >= 11 is 3.76. The SMILES string of the molecule is CCOc1ccc(C(Br)c2cc(C)ccc2OC)cc1. The lowest BCUT2D eigenvalue weighted by Gasteiger charge is -2.16. The predicted octanol–water partition coefficient (Wildman–Crippen LogP) is 4.89. The summed E-state index contributed by atoms with van der Waals surface area (Å²) in [6.07, 6.45) is 0. The smallest absolute Gasteiger partial charge is 0.123 e. The lowest BCUT2D eigenvalue weighted by atomic mass is 10.0. The van der Waals surface area contributed by atoms with Crippen molar-refractivity contribution in [1.29, 1.82) is 0 Å². The first kappa shape index (κ1) is 14.9. The molecule has 20 heavy (non-hydrogen) atoms. The van der Waals surface area contributed by atoms with E-state index in [0.717, 1.165) is 17.1 Å². The Morgan fingerprint density at radius 3 is 2.40 bits per heavy atom. The van der Waals surface area contributed by atoms with Gasteiger partial charge in [-0.1, -0.05) is 45.8 Å². The maximum atomic E-state index is 5.47. The van der Waals surface area contributed by atoms with Crippen LogP contribution in [0.2, 0.25) is 0 Å². The Kier molecular flexibility index (Phi) is 5.07. The largest absolute Gasteiger partial charge is 0.496 e. The third-order valence-corrected chi connectivity index (χ3v) is 4.16. The van der Waals surface area contributed by atoms with Gasteiger partial charge in [-0.25, -0.2) is 0 Å². The molecule has 0 radical (unpaired) electrons. The molecular formula is C17H19BrO2. The Labute approximate surface area is 128 Å². The summed E-state index contributed by atoms with van der Waals surface area (Å²) in [6, 6.07) is 14.4. The third-order valence-electron chi connectivity index (χ3n) is 3.14. The summed E-state index contributed by atoms with van der Waals surface area (Å²) in [5.41, 5.74) is 3.53. The number of aryl methyl sites for hydroxylation is 1. The number of rotatable bonds is 5. The van der Waals surface area contributed by atoms with Crippen molar-refractivity contribution in [2.24, 2.45) is 0 Å². The maximum absolute atomic E-state index is 5.47. The predicted molar refractivity (Wildman–Crippen MR) is 86.1 cm³/mol. The second-order valence-electron chi connectivity index (χ2n) is 4.61. The molecular weight excluding hydrogens is 316 g/mol. The fourth-order valence-corrected chi connectivity index (χ4v) is 2.79. The molecule has 0 N–H and O–H groups in total. The molecule has 2 rings (SSSR count). The average molecular weight is 335 g/mol. The summed E-state index contributed by atoms with van der Waals surface area (Å²) in [5.74, 6) is 1.79. The second-order valence-corrected chi connectivity index (χ2v) is 5.53. The maximum Gasteiger partial charge on any atom is 0.123 e. The number of ether oxygens (including phenoxy) is 2. The van der Waals surface area contributed by atoms with Crippen LogP contribution in [0.5, 0.6) is 11.5 Å². The number of methoxy groups -OCH3 is 1. The molecule has 0 saturated heterocycles. The average Bonchev–Trinajstić information content (AvgIpc) is 2.47. The number of benzene rings is 2. The lowest BCUT2D eigenvalue weighted by Crippen LogP contribution is -1.98. The van der Waals surface area contributed by atoms with Crippen LogP contribution in [0.4, 0.5) is 0 Å². The number of hydrogen-bond acceptors (Lipinski definition) is 2. The van der Waals surface area contributed by atoms with Crippen molar-refractivity contribution in [2.75, 3.05) is 13.7 Å². The number of alkyl halides is 1. The summed E-state index contributed by atoms with van der Waals surface area (Å²) in [6.45, 7) is 4.75. The zero-order valence-electron chi connectivity index (χ0n) is 12.0. The first-order valence-electron chi connectivity index (χ1n) is 6.67. The van der Waals surface area contributed by atoms with Gasteiger partial charge in [0.05, 0.1) is 18.5 Å². The molecule has 0 saturated carbocycles. The van der Waals surface area contributed by atoms with Crippen molar-refractivity contribution < 1.29 is 9.47 Å². The molecule has 0 aliphatic rings. The highest BCUT2D eigenvalue weighted by atomic mass is 79.9. The highest BCUT2D eigenvalue weighted by Crippen LogP contribution is 2.37. The summed E-state index contributed by atoms with van der Waals surface area (Å²) in [7, 11) is 1.70. The van der Waals surface area contributed by atoms with E-state index in [1.165, 1.54) is 11.1 Å². The molecule has 1 atom stereocenters. The van der Waals surface area contributed by atoms with Crippen LogP contribution in [0.3, 0.4) is 0 Å². The molecule has 3 heteroatoms. The minimum absolute atomic E-state index is 0.105. The van der Waals surface area contributed by atoms with Gasteiger partial charge in [0.25, 0.3) is 0 Å². The van der Waals surface area contributed by atoms with Crippen LogP contribution in [0.25, 0.3) is 0 Å². The molecule has 0 amide bonds. The van der Waals surface area contributed by atoms with Crippen molar-refractivity contribution in [3.63, 3.8) is 0 Å². The summed E-state index contributed by atoms with van der Waals surface area (Å²) in [4.78, 5) is 0.105. The molecule has 2 nitrogen and oxygen atoms in total. The molecule has 1 unspecified atom stereocenters. The van der Waals surface area contributed by atoms with Crippen molar-refractivity contribution in [2.45, 2.75) is 18.7 Å². The first-order valence-corrected chi connectivity index (χ1v) is 7.58. The van der Waals surface area contributed by atoms with Gasteiger partial charge in [-0.3, -0.25) is 0 Å². The molecule has 0 fully saturated rings. The van der Waals surface area contributed by atoms with Gasteiger partial charge in [-0.2, -0.15) is 0 Å². The van der Waals surface area contributed by atoms with Crippen molar-refractivity contribution in [1.82, 2.24) is 0 Å². The lowest BCUT2D eigenvalue weighted by molar-refractivity contribution is 0.340. The fourth-order valence-electron chi connectivity index (χ4n) is 2.13. The minimum Gasteiger partial charge on any atom is -0.496 e. The van der Waals surface area contributed by atoms with Crippen LogP contribution >= 0.6 is 15.9 Å². The van der Waals surface area contributed by atoms with Gasteiger partial charge in [0.2, 0.25) is 0 Å². The molecule has 0 bridgehead atoms. The van der Waals surface area contributed by atoms with Gasteiger partial charge < -0.3 is 9.47 Å². The van der Waals surface area contributed by atoms with Gasteiger partial charge in [-0.15, -0.1) is 0 Å². The standard InChI is InChI=1S/C17H19BrO2/c1-4-20-14-8-6-13(7-9-14)17(18)15-11-12(2)5-10-16(15)19-3/h5-11,17H,4H2,1-3H3. The zero-order chi connectivity index (χ0) is 14.5. The molecule has 2 aromatic rings. The normalized spacial score (nSPS) is 12.0. The molecule has 0 aromatic heterocycles. The minimum atomic E-state index is 0.105. The van der Waals surface area contributed by atoms with Gasteiger partial charge in [-0.05, 0) is 37.6 Å². The van der Waals surface area contributed by atoms with Gasteiger partial charge in [0.15, 0.2) is 0 Å². The summed E-state index contributed by atoms with van der Waals surface area (Å²) in [5, 5.41) is 0. The number of halogens is 1. The second kappa shape index (κ2) is 6.80. The Morgan fingerprint density at radius 2 is 1.80 bits per heavy atom. The van der Waals surface area contributed by atoms with Crippen LogP contribution in [-0.4, -0.2) is 13.7 Å². The Balaban J connectivity index is 2.30. The molecule has 2 aromatic carbocycles. The van der Waals surface area contributed by atoms with Gasteiger partial charge in [0, 0.05) is 5.56 Å². The highest BCUT2D eigenvalue weighted by molar-refractivity contribution is 9.09. The zero-order valence-corrected chi connectivity index (χ0v) is 13.6. The van der Waals surface area contributed by atoms with Crippen LogP contribution in [-0.2, 0) is 0 Å². The first-order chi connectivity index (χ1) is 9.65. The van der Waals surface area contributed by atoms with Crippen molar-refractivity contribution in [3.05, 3.63) is 59.2 Å². The molecule has 0 heterocycles. The summed E-state index contributed by atoms with van der Waals surface area (Å²) < 4.78 is 10.9. The molecule has 0 aliphatic heterocycles. The Hall–Kier alpha value is -1.48. The van der Waals surface area contributed by atoms with Crippen molar-refractivity contribution >= 4 is 15.9 Å². The van der Waals surface area contributed by atoms with E-state index in [-0.39, 0.29) is 4.83 Å². The van der Waals surface area contributed by atoms with E-state index >= 15 is 0 Å². The molecule has 0 aliphatic carbocycles. The third kappa shape index (κ3) is 3.34. The fraction of sp³-hybridized carbons (Fsp3) is 0.294. The van der Waals surface area contributed by atoms with E-state index in [0.29, 0.717) is 6.61 Å². The van der Waals surface area contributed by atoms with Gasteiger partial charge in [0.1, 0.15) is 11.5 Å². The van der Waals surface area contributed by atoms with E-state index in [1.807, 2.05) is 25.1 Å². The van der Waals surface area contributed by atoms with E-state index in [1.54, 1.807) is 7.11 Å². The number of hydrogen-bond donors (Lipinski definition) is 0. The van der Waals surface area contributed by atoms with E-state index in [9.17, 15) is 0 Å². The van der Waals surface area contributed by atoms with E-state index in [2.05, 4.69) is 47.1 Å².